The third kappa shape index (κ3) is 8.23. The second-order valence-electron chi connectivity index (χ2n) is 7.80. The van der Waals surface area contributed by atoms with E-state index in [9.17, 15) is 19.6 Å². The van der Waals surface area contributed by atoms with Crippen molar-refractivity contribution in [3.8, 4) is 17.6 Å². The lowest BCUT2D eigenvalue weighted by atomic mass is 10.1. The maximum atomic E-state index is 12.7. The Morgan fingerprint density at radius 2 is 1.59 bits per heavy atom. The first-order valence-electron chi connectivity index (χ1n) is 11.5. The first kappa shape index (κ1) is 29.0. The van der Waals surface area contributed by atoms with Crippen LogP contribution >= 0.6 is 23.2 Å². The van der Waals surface area contributed by atoms with Gasteiger partial charge in [-0.3, -0.25) is 9.59 Å². The minimum absolute atomic E-state index is 0.114. The third-order valence-electron chi connectivity index (χ3n) is 5.05. The van der Waals surface area contributed by atoms with Crippen LogP contribution in [0.2, 0.25) is 10.0 Å². The Kier molecular flexibility index (Phi) is 10.3. The van der Waals surface area contributed by atoms with E-state index in [1.807, 2.05) is 6.07 Å². The molecule has 2 amide bonds. The first-order valence-corrected chi connectivity index (χ1v) is 12.3. The number of nitrogens with one attached hydrogen (secondary N) is 2. The molecular weight excluding hydrogens is 545 g/mol. The van der Waals surface area contributed by atoms with Crippen LogP contribution in [0.25, 0.3) is 6.08 Å². The van der Waals surface area contributed by atoms with Crippen molar-refractivity contribution < 1.29 is 28.6 Å². The van der Waals surface area contributed by atoms with Gasteiger partial charge < -0.3 is 24.8 Å². The van der Waals surface area contributed by atoms with Gasteiger partial charge in [0.2, 0.25) is 0 Å². The monoisotopic (exact) mass is 567 g/mol. The summed E-state index contributed by atoms with van der Waals surface area (Å²) in [5, 5.41) is 15.5. The van der Waals surface area contributed by atoms with E-state index >= 15 is 0 Å². The lowest BCUT2D eigenvalue weighted by molar-refractivity contribution is -0.118. The summed E-state index contributed by atoms with van der Waals surface area (Å²) in [5.41, 5.74) is 1.43. The fraction of sp³-hybridized carbons (Fsp3) is 0.143. The van der Waals surface area contributed by atoms with Crippen molar-refractivity contribution in [1.82, 2.24) is 0 Å². The summed E-state index contributed by atoms with van der Waals surface area (Å²) in [6.07, 6.45) is 1.34. The highest BCUT2D eigenvalue weighted by Crippen LogP contribution is 2.37. The molecule has 39 heavy (non-hydrogen) atoms. The fourth-order valence-electron chi connectivity index (χ4n) is 3.26. The molecule has 0 bridgehead atoms. The van der Waals surface area contributed by atoms with Gasteiger partial charge in [0.05, 0.1) is 24.3 Å². The minimum atomic E-state index is -0.670. The fourth-order valence-corrected chi connectivity index (χ4v) is 3.66. The van der Waals surface area contributed by atoms with Crippen molar-refractivity contribution in [1.29, 1.82) is 5.26 Å². The first-order chi connectivity index (χ1) is 18.7. The van der Waals surface area contributed by atoms with Gasteiger partial charge in [-0.15, -0.1) is 0 Å². The Morgan fingerprint density at radius 1 is 0.949 bits per heavy atom. The SMILES string of the molecule is CCOc1cc(/C=C(\C#N)C(=O)Nc2ccc(C(=O)OC)cc2)cc(Cl)c1OCC(=O)Nc1ccc(Cl)cc1. The zero-order chi connectivity index (χ0) is 28.4. The topological polar surface area (TPSA) is 127 Å². The number of nitrogens with zero attached hydrogens (tertiary/aromatic N) is 1. The maximum Gasteiger partial charge on any atom is 0.337 e. The molecule has 0 aromatic heterocycles. The number of rotatable bonds is 10. The van der Waals surface area contributed by atoms with Gasteiger partial charge in [-0.25, -0.2) is 4.79 Å². The standard InChI is InChI=1S/C28H23Cl2N3O6/c1-3-38-24-14-17(12-19(15-31)27(35)33-22-8-4-18(5-9-22)28(36)37-2)13-23(30)26(24)39-16-25(34)32-21-10-6-20(29)7-11-21/h4-14H,3,16H2,1-2H3,(H,32,34)(H,33,35)/b19-12+. The number of amides is 2. The van der Waals surface area contributed by atoms with Crippen LogP contribution in [0, 0.1) is 11.3 Å². The number of carbonyl (C=O) groups excluding carboxylic acids is 3. The van der Waals surface area contributed by atoms with Crippen LogP contribution < -0.4 is 20.1 Å². The van der Waals surface area contributed by atoms with Gasteiger partial charge in [0.15, 0.2) is 18.1 Å². The molecule has 0 heterocycles. The van der Waals surface area contributed by atoms with Gasteiger partial charge in [0.25, 0.3) is 11.8 Å². The molecule has 0 saturated carbocycles. The van der Waals surface area contributed by atoms with Gasteiger partial charge in [-0.05, 0) is 79.2 Å². The number of nitriles is 1. The Bertz CT molecular complexity index is 1430. The summed E-state index contributed by atoms with van der Waals surface area (Å²) in [6, 6.07) is 17.5. The Hall–Kier alpha value is -4.52. The molecule has 0 aliphatic heterocycles. The molecule has 0 saturated heterocycles. The molecule has 3 rings (SSSR count). The largest absolute Gasteiger partial charge is 0.490 e. The van der Waals surface area contributed by atoms with Crippen LogP contribution in [0.15, 0.2) is 66.2 Å². The van der Waals surface area contributed by atoms with E-state index in [0.717, 1.165) is 0 Å². The van der Waals surface area contributed by atoms with Crippen molar-refractivity contribution in [2.45, 2.75) is 6.92 Å². The molecule has 3 aromatic rings. The summed E-state index contributed by atoms with van der Waals surface area (Å²) in [5.74, 6) is -1.25. The smallest absolute Gasteiger partial charge is 0.337 e. The highest BCUT2D eigenvalue weighted by Gasteiger charge is 2.16. The van der Waals surface area contributed by atoms with Crippen LogP contribution in [0.4, 0.5) is 11.4 Å². The van der Waals surface area contributed by atoms with Gasteiger partial charge in [-0.1, -0.05) is 23.2 Å². The molecule has 11 heteroatoms. The minimum Gasteiger partial charge on any atom is -0.490 e. The quantitative estimate of drug-likeness (QED) is 0.181. The van der Waals surface area contributed by atoms with Crippen LogP contribution in [0.1, 0.15) is 22.8 Å². The lowest BCUT2D eigenvalue weighted by Crippen LogP contribution is -2.20. The summed E-state index contributed by atoms with van der Waals surface area (Å²) in [6.45, 7) is 1.68. The van der Waals surface area contributed by atoms with Crippen LogP contribution in [-0.4, -0.2) is 38.1 Å². The van der Waals surface area contributed by atoms with Crippen molar-refractivity contribution >= 4 is 58.4 Å². The van der Waals surface area contributed by atoms with Gasteiger partial charge in [-0.2, -0.15) is 5.26 Å². The summed E-state index contributed by atoms with van der Waals surface area (Å²) in [7, 11) is 1.27. The number of ether oxygens (including phenoxy) is 3. The molecule has 0 fully saturated rings. The number of benzene rings is 3. The summed E-state index contributed by atoms with van der Waals surface area (Å²) >= 11 is 12.3. The molecule has 0 spiro atoms. The van der Waals surface area contributed by atoms with E-state index in [4.69, 9.17) is 32.7 Å². The number of anilines is 2. The molecule has 2 N–H and O–H groups in total. The van der Waals surface area contributed by atoms with Crippen molar-refractivity contribution in [3.05, 3.63) is 87.4 Å². The highest BCUT2D eigenvalue weighted by atomic mass is 35.5. The Balaban J connectivity index is 1.74. The van der Waals surface area contributed by atoms with Gasteiger partial charge >= 0.3 is 5.97 Å². The molecule has 200 valence electrons. The number of methoxy groups -OCH3 is 1. The molecule has 0 radical (unpaired) electrons. The van der Waals surface area contributed by atoms with E-state index in [2.05, 4.69) is 15.4 Å². The van der Waals surface area contributed by atoms with Crippen LogP contribution in [-0.2, 0) is 14.3 Å². The van der Waals surface area contributed by atoms with Crippen LogP contribution in [0.3, 0.4) is 0 Å². The zero-order valence-corrected chi connectivity index (χ0v) is 22.4. The maximum absolute atomic E-state index is 12.7. The molecule has 3 aromatic carbocycles. The Morgan fingerprint density at radius 3 is 2.21 bits per heavy atom. The Labute approximate surface area is 234 Å². The molecular formula is C28H23Cl2N3O6. The predicted octanol–water partition coefficient (Wildman–Crippen LogP) is 5.74. The van der Waals surface area contributed by atoms with E-state index in [1.165, 1.54) is 49.6 Å². The van der Waals surface area contributed by atoms with E-state index < -0.39 is 17.8 Å². The second-order valence-corrected chi connectivity index (χ2v) is 8.64. The average Bonchev–Trinajstić information content (AvgIpc) is 2.92. The average molecular weight is 568 g/mol. The number of halogens is 2. The summed E-state index contributed by atoms with van der Waals surface area (Å²) < 4.78 is 15.9. The van der Waals surface area contributed by atoms with Crippen LogP contribution in [0.5, 0.6) is 11.5 Å². The normalized spacial score (nSPS) is 10.7. The van der Waals surface area contributed by atoms with Crippen molar-refractivity contribution in [2.75, 3.05) is 31.0 Å². The molecule has 0 atom stereocenters. The third-order valence-corrected chi connectivity index (χ3v) is 5.58. The predicted molar refractivity (Wildman–Crippen MR) is 148 cm³/mol. The molecule has 0 unspecified atom stereocenters. The van der Waals surface area contributed by atoms with Crippen molar-refractivity contribution in [3.63, 3.8) is 0 Å². The highest BCUT2D eigenvalue weighted by molar-refractivity contribution is 6.32. The van der Waals surface area contributed by atoms with Gasteiger partial charge in [0, 0.05) is 16.4 Å². The van der Waals surface area contributed by atoms with Crippen molar-refractivity contribution in [2.24, 2.45) is 0 Å². The van der Waals surface area contributed by atoms with E-state index in [1.54, 1.807) is 31.2 Å². The second kappa shape index (κ2) is 13.9. The van der Waals surface area contributed by atoms with Gasteiger partial charge in [0.1, 0.15) is 11.6 Å². The van der Waals surface area contributed by atoms with E-state index in [0.29, 0.717) is 27.5 Å². The number of carbonyl (C=O) groups is 3. The lowest BCUT2D eigenvalue weighted by Gasteiger charge is -2.15. The summed E-state index contributed by atoms with van der Waals surface area (Å²) in [4.78, 5) is 36.6. The van der Waals surface area contributed by atoms with E-state index in [-0.39, 0.29) is 35.3 Å². The molecule has 0 aliphatic carbocycles. The molecule has 0 aliphatic rings. The number of hydrogen-bond donors (Lipinski definition) is 2. The number of esters is 1. The zero-order valence-electron chi connectivity index (χ0n) is 20.9. The molecule has 9 nitrogen and oxygen atoms in total. The number of hydrogen-bond acceptors (Lipinski definition) is 7.